The smallest absolute Gasteiger partial charge is 0.257 e. The topological polar surface area (TPSA) is 81.1 Å². The van der Waals surface area contributed by atoms with Gasteiger partial charge in [-0.25, -0.2) is 0 Å². The quantitative estimate of drug-likeness (QED) is 0.329. The second kappa shape index (κ2) is 10.1. The lowest BCUT2D eigenvalue weighted by molar-refractivity contribution is 0.0977. The number of thiocarbonyl (C=S) groups is 1. The molecule has 5 aromatic rings. The fourth-order valence-corrected chi connectivity index (χ4v) is 3.66. The summed E-state index contributed by atoms with van der Waals surface area (Å²) >= 11 is 5.33. The number of nitrogens with zero attached hydrogens (tertiary/aromatic N) is 3. The number of benzene rings is 4. The Balaban J connectivity index is 1.18. The highest BCUT2D eigenvalue weighted by Gasteiger charge is 2.10. The maximum Gasteiger partial charge on any atom is 0.257 e. The zero-order valence-electron chi connectivity index (χ0n) is 18.6. The van der Waals surface area contributed by atoms with Gasteiger partial charge in [0.2, 0.25) is 0 Å². The summed E-state index contributed by atoms with van der Waals surface area (Å²) in [6.45, 7) is 0.462. The molecule has 0 aliphatic carbocycles. The first-order valence-corrected chi connectivity index (χ1v) is 11.4. The zero-order chi connectivity index (χ0) is 24.0. The van der Waals surface area contributed by atoms with Gasteiger partial charge in [-0.1, -0.05) is 48.5 Å². The summed E-state index contributed by atoms with van der Waals surface area (Å²) in [6, 6.07) is 32.0. The first-order valence-electron chi connectivity index (χ1n) is 11.0. The van der Waals surface area contributed by atoms with Gasteiger partial charge >= 0.3 is 0 Å². The van der Waals surface area contributed by atoms with Gasteiger partial charge in [0.15, 0.2) is 5.11 Å². The minimum atomic E-state index is -0.312. The van der Waals surface area contributed by atoms with Crippen molar-refractivity contribution >= 4 is 40.0 Å². The molecule has 0 unspecified atom stereocenters. The lowest BCUT2D eigenvalue weighted by atomic mass is 10.2. The molecule has 0 bridgehead atoms. The Morgan fingerprint density at radius 1 is 0.829 bits per heavy atom. The highest BCUT2D eigenvalue weighted by Crippen LogP contribution is 2.18. The molecule has 172 valence electrons. The third kappa shape index (κ3) is 5.51. The summed E-state index contributed by atoms with van der Waals surface area (Å²) in [5.41, 5.74) is 4.59. The molecule has 8 heteroatoms. The van der Waals surface area contributed by atoms with Crippen molar-refractivity contribution in [2.24, 2.45) is 0 Å². The van der Waals surface area contributed by atoms with Crippen molar-refractivity contribution in [3.05, 3.63) is 114 Å². The average Bonchev–Trinajstić information content (AvgIpc) is 3.32. The molecule has 0 spiro atoms. The van der Waals surface area contributed by atoms with Crippen LogP contribution in [0.3, 0.4) is 0 Å². The van der Waals surface area contributed by atoms with Crippen molar-refractivity contribution in [1.82, 2.24) is 20.3 Å². The third-order valence-electron chi connectivity index (χ3n) is 5.22. The molecule has 1 aromatic heterocycles. The van der Waals surface area contributed by atoms with Gasteiger partial charge < -0.3 is 10.1 Å². The summed E-state index contributed by atoms with van der Waals surface area (Å²) < 4.78 is 5.77. The number of carbonyl (C=O) groups excluding carboxylic acids is 1. The molecule has 4 aromatic carbocycles. The van der Waals surface area contributed by atoms with Gasteiger partial charge in [0.1, 0.15) is 23.4 Å². The van der Waals surface area contributed by atoms with Crippen molar-refractivity contribution < 1.29 is 9.53 Å². The van der Waals surface area contributed by atoms with Gasteiger partial charge in [-0.15, -0.1) is 10.2 Å². The van der Waals surface area contributed by atoms with Crippen LogP contribution in [0.1, 0.15) is 15.9 Å². The van der Waals surface area contributed by atoms with Crippen LogP contribution in [0.5, 0.6) is 5.75 Å². The normalized spacial score (nSPS) is 10.6. The van der Waals surface area contributed by atoms with E-state index < -0.39 is 0 Å². The number of fused-ring (bicyclic) bond motifs is 1. The molecule has 0 saturated carbocycles. The second-order valence-corrected chi connectivity index (χ2v) is 8.14. The molecule has 0 fully saturated rings. The Labute approximate surface area is 207 Å². The monoisotopic (exact) mass is 479 g/mol. The van der Waals surface area contributed by atoms with Gasteiger partial charge in [0.25, 0.3) is 5.91 Å². The van der Waals surface area contributed by atoms with Crippen molar-refractivity contribution in [2.75, 3.05) is 5.32 Å². The van der Waals surface area contributed by atoms with Gasteiger partial charge in [-0.05, 0) is 72.4 Å². The number of anilines is 1. The van der Waals surface area contributed by atoms with Crippen molar-refractivity contribution in [3.8, 4) is 11.4 Å². The van der Waals surface area contributed by atoms with Crippen LogP contribution in [0.15, 0.2) is 103 Å². The van der Waals surface area contributed by atoms with Crippen LogP contribution in [-0.4, -0.2) is 26.0 Å². The number of para-hydroxylation sites is 1. The first-order chi connectivity index (χ1) is 17.1. The number of hydrogen-bond acceptors (Lipinski definition) is 5. The third-order valence-corrected chi connectivity index (χ3v) is 5.42. The van der Waals surface area contributed by atoms with E-state index in [1.54, 1.807) is 29.1 Å². The number of rotatable bonds is 6. The Hall–Kier alpha value is -4.56. The molecule has 0 aliphatic rings. The summed E-state index contributed by atoms with van der Waals surface area (Å²) in [5.74, 6) is 0.371. The number of aromatic nitrogens is 3. The molecule has 35 heavy (non-hydrogen) atoms. The van der Waals surface area contributed by atoms with E-state index in [9.17, 15) is 4.79 Å². The highest BCUT2D eigenvalue weighted by molar-refractivity contribution is 7.80. The van der Waals surface area contributed by atoms with Gasteiger partial charge in [-0.3, -0.25) is 10.1 Å². The zero-order valence-corrected chi connectivity index (χ0v) is 19.4. The number of hydrogen-bond donors (Lipinski definition) is 2. The van der Waals surface area contributed by atoms with Crippen LogP contribution < -0.4 is 15.4 Å². The van der Waals surface area contributed by atoms with E-state index in [0.717, 1.165) is 16.8 Å². The predicted molar refractivity (Wildman–Crippen MR) is 140 cm³/mol. The predicted octanol–water partition coefficient (Wildman–Crippen LogP) is 5.13. The number of nitrogens with one attached hydrogen (secondary N) is 2. The molecule has 1 amide bonds. The average molecular weight is 480 g/mol. The van der Waals surface area contributed by atoms with Crippen LogP contribution >= 0.6 is 12.2 Å². The Bertz CT molecular complexity index is 1470. The van der Waals surface area contributed by atoms with E-state index in [1.807, 2.05) is 78.9 Å². The van der Waals surface area contributed by atoms with E-state index in [0.29, 0.717) is 29.1 Å². The molecule has 0 saturated heterocycles. The highest BCUT2D eigenvalue weighted by atomic mass is 32.1. The van der Waals surface area contributed by atoms with E-state index in [4.69, 9.17) is 17.0 Å². The van der Waals surface area contributed by atoms with Crippen molar-refractivity contribution in [3.63, 3.8) is 0 Å². The minimum absolute atomic E-state index is 0.189. The maximum atomic E-state index is 12.6. The Kier molecular flexibility index (Phi) is 6.45. The van der Waals surface area contributed by atoms with E-state index in [2.05, 4.69) is 20.8 Å². The van der Waals surface area contributed by atoms with Crippen LogP contribution in [0.4, 0.5) is 5.69 Å². The molecule has 0 atom stereocenters. The maximum absolute atomic E-state index is 12.6. The van der Waals surface area contributed by atoms with Gasteiger partial charge in [-0.2, -0.15) is 4.80 Å². The number of ether oxygens (including phenoxy) is 1. The van der Waals surface area contributed by atoms with Crippen molar-refractivity contribution in [1.29, 1.82) is 0 Å². The molecule has 2 N–H and O–H groups in total. The van der Waals surface area contributed by atoms with Crippen LogP contribution in [0.25, 0.3) is 16.7 Å². The molecule has 1 heterocycles. The summed E-state index contributed by atoms with van der Waals surface area (Å²) in [6.07, 6.45) is 0. The van der Waals surface area contributed by atoms with Gasteiger partial charge in [0.05, 0.1) is 5.69 Å². The number of carbonyl (C=O) groups is 1. The fourth-order valence-electron chi connectivity index (χ4n) is 3.45. The lowest BCUT2D eigenvalue weighted by Crippen LogP contribution is -2.34. The lowest BCUT2D eigenvalue weighted by Gasteiger charge is -2.10. The summed E-state index contributed by atoms with van der Waals surface area (Å²) in [5, 5.41) is 14.9. The summed E-state index contributed by atoms with van der Waals surface area (Å²) in [7, 11) is 0. The molecule has 0 aliphatic heterocycles. The van der Waals surface area contributed by atoms with Crippen molar-refractivity contribution in [2.45, 2.75) is 6.61 Å². The molecular weight excluding hydrogens is 458 g/mol. The first kappa shape index (κ1) is 22.2. The Morgan fingerprint density at radius 2 is 1.51 bits per heavy atom. The SMILES string of the molecule is O=C(NC(=S)Nc1ccc2nn(-c3ccccc3)nc2c1)c1ccc(OCc2ccccc2)cc1. The molecular formula is C27H21N5O2S. The van der Waals surface area contributed by atoms with E-state index in [-0.39, 0.29) is 11.0 Å². The largest absolute Gasteiger partial charge is 0.489 e. The van der Waals surface area contributed by atoms with E-state index >= 15 is 0 Å². The second-order valence-electron chi connectivity index (χ2n) is 7.74. The Morgan fingerprint density at radius 3 is 2.26 bits per heavy atom. The van der Waals surface area contributed by atoms with Crippen LogP contribution in [0, 0.1) is 0 Å². The van der Waals surface area contributed by atoms with Crippen LogP contribution in [0.2, 0.25) is 0 Å². The van der Waals surface area contributed by atoms with E-state index in [1.165, 1.54) is 0 Å². The molecule has 0 radical (unpaired) electrons. The number of amides is 1. The molecule has 5 rings (SSSR count). The molecule has 7 nitrogen and oxygen atoms in total. The standard InChI is InChI=1S/C27H21N5O2S/c33-26(20-11-14-23(15-12-20)34-18-19-7-3-1-4-8-19)29-27(35)28-21-13-16-24-25(17-21)31-32(30-24)22-9-5-2-6-10-22/h1-17H,18H2,(H2,28,29,33,35). The van der Waals surface area contributed by atoms with Gasteiger partial charge in [0, 0.05) is 11.3 Å². The summed E-state index contributed by atoms with van der Waals surface area (Å²) in [4.78, 5) is 14.2. The van der Waals surface area contributed by atoms with Crippen LogP contribution in [-0.2, 0) is 6.61 Å². The minimum Gasteiger partial charge on any atom is -0.489 e. The fraction of sp³-hybridized carbons (Fsp3) is 0.0370.